The molecule has 128 valence electrons. The predicted octanol–water partition coefficient (Wildman–Crippen LogP) is 2.92. The van der Waals surface area contributed by atoms with E-state index in [4.69, 9.17) is 22.1 Å². The lowest BCUT2D eigenvalue weighted by molar-refractivity contribution is -0.117. The van der Waals surface area contributed by atoms with Gasteiger partial charge in [0.15, 0.2) is 0 Å². The number of rotatable bonds is 7. The molecule has 0 bridgehead atoms. The number of nitrogens with zero attached hydrogens (tertiary/aromatic N) is 1. The van der Waals surface area contributed by atoms with Gasteiger partial charge in [0, 0.05) is 12.2 Å². The molecule has 2 aromatic rings. The van der Waals surface area contributed by atoms with Crippen LogP contribution in [0.4, 0.5) is 5.69 Å². The van der Waals surface area contributed by atoms with E-state index in [-0.39, 0.29) is 5.91 Å². The van der Waals surface area contributed by atoms with E-state index in [1.165, 1.54) is 0 Å². The number of amides is 1. The highest BCUT2D eigenvalue weighted by atomic mass is 35.5. The molecule has 0 aliphatic rings. The molecule has 2 rings (SSSR count). The summed E-state index contributed by atoms with van der Waals surface area (Å²) in [6.07, 6.45) is 0. The van der Waals surface area contributed by atoms with E-state index in [9.17, 15) is 4.79 Å². The zero-order valence-corrected chi connectivity index (χ0v) is 14.6. The second-order valence-corrected chi connectivity index (χ2v) is 6.08. The molecule has 0 aliphatic carbocycles. The van der Waals surface area contributed by atoms with E-state index in [0.717, 1.165) is 12.1 Å². The number of ether oxygens (including phenoxy) is 1. The fourth-order valence-corrected chi connectivity index (χ4v) is 2.30. The molecule has 3 N–H and O–H groups in total. The molecule has 24 heavy (non-hydrogen) atoms. The molecule has 1 unspecified atom stereocenters. The summed E-state index contributed by atoms with van der Waals surface area (Å²) in [5.74, 6) is 0.294. The van der Waals surface area contributed by atoms with Crippen LogP contribution in [-0.2, 0) is 4.79 Å². The van der Waals surface area contributed by atoms with Crippen molar-refractivity contribution in [1.29, 1.82) is 0 Å². The molecule has 1 amide bonds. The normalized spacial score (nSPS) is 12.0. The third kappa shape index (κ3) is 5.23. The van der Waals surface area contributed by atoms with Gasteiger partial charge in [0.25, 0.3) is 0 Å². The zero-order chi connectivity index (χ0) is 17.5. The number of likely N-dealkylation sites (N-methyl/N-ethyl adjacent to an activating group) is 1. The van der Waals surface area contributed by atoms with Crippen molar-refractivity contribution in [2.75, 3.05) is 32.6 Å². The number of carbonyl (C=O) groups excluding carboxylic acids is 1. The number of anilines is 1. The Morgan fingerprint density at radius 3 is 2.58 bits per heavy atom. The Bertz CT molecular complexity index is 677. The summed E-state index contributed by atoms with van der Waals surface area (Å²) in [4.78, 5) is 14.3. The summed E-state index contributed by atoms with van der Waals surface area (Å²) >= 11 is 6.20. The highest BCUT2D eigenvalue weighted by Crippen LogP contribution is 2.28. The summed E-state index contributed by atoms with van der Waals surface area (Å²) in [6, 6.07) is 13.6. The smallest absolute Gasteiger partial charge is 0.245 e. The maximum absolute atomic E-state index is 12.2. The Kier molecular flexibility index (Phi) is 6.61. The standard InChI is InChI=1S/C18H22ClN3O2/c1-22(2)10-11-24-16-9-8-14(12-15(16)19)21-18(23)17(20)13-6-4-3-5-7-13/h3-9,12,17H,10-11,20H2,1-2H3,(H,21,23). The molecule has 0 aromatic heterocycles. The lowest BCUT2D eigenvalue weighted by Gasteiger charge is -2.15. The Hall–Kier alpha value is -2.08. The van der Waals surface area contributed by atoms with E-state index < -0.39 is 6.04 Å². The number of halogens is 1. The number of benzene rings is 2. The van der Waals surface area contributed by atoms with Crippen LogP contribution < -0.4 is 15.8 Å². The van der Waals surface area contributed by atoms with E-state index in [1.807, 2.05) is 49.3 Å². The molecule has 1 atom stereocenters. The quantitative estimate of drug-likeness (QED) is 0.808. The minimum atomic E-state index is -0.735. The van der Waals surface area contributed by atoms with E-state index in [2.05, 4.69) is 5.32 Å². The first-order valence-corrected chi connectivity index (χ1v) is 8.03. The molecule has 0 saturated heterocycles. The Morgan fingerprint density at radius 2 is 1.96 bits per heavy atom. The second kappa shape index (κ2) is 8.68. The van der Waals surface area contributed by atoms with E-state index >= 15 is 0 Å². The SMILES string of the molecule is CN(C)CCOc1ccc(NC(=O)C(N)c2ccccc2)cc1Cl. The molecule has 5 nitrogen and oxygen atoms in total. The average molecular weight is 348 g/mol. The Morgan fingerprint density at radius 1 is 1.25 bits per heavy atom. The van der Waals surface area contributed by atoms with Gasteiger partial charge >= 0.3 is 0 Å². The van der Waals surface area contributed by atoms with Crippen LogP contribution in [0.15, 0.2) is 48.5 Å². The minimum Gasteiger partial charge on any atom is -0.491 e. The fourth-order valence-electron chi connectivity index (χ4n) is 2.07. The third-order valence-corrected chi connectivity index (χ3v) is 3.73. The average Bonchev–Trinajstić information content (AvgIpc) is 2.56. The molecule has 0 radical (unpaired) electrons. The van der Waals surface area contributed by atoms with Crippen LogP contribution >= 0.6 is 11.6 Å². The Labute approximate surface area is 147 Å². The first kappa shape index (κ1) is 18.3. The fraction of sp³-hybridized carbons (Fsp3) is 0.278. The number of nitrogens with two attached hydrogens (primary N) is 1. The molecular weight excluding hydrogens is 326 g/mol. The predicted molar refractivity (Wildman–Crippen MR) is 97.5 cm³/mol. The monoisotopic (exact) mass is 347 g/mol. The highest BCUT2D eigenvalue weighted by molar-refractivity contribution is 6.32. The molecule has 0 spiro atoms. The van der Waals surface area contributed by atoms with Crippen molar-refractivity contribution in [2.45, 2.75) is 6.04 Å². The van der Waals surface area contributed by atoms with Crippen molar-refractivity contribution in [1.82, 2.24) is 4.90 Å². The number of carbonyl (C=O) groups is 1. The molecular formula is C18H22ClN3O2. The van der Waals surface area contributed by atoms with Crippen molar-refractivity contribution < 1.29 is 9.53 Å². The van der Waals surface area contributed by atoms with Crippen LogP contribution in [0.2, 0.25) is 5.02 Å². The van der Waals surface area contributed by atoms with Gasteiger partial charge in [-0.3, -0.25) is 4.79 Å². The number of hydrogen-bond donors (Lipinski definition) is 2. The molecule has 6 heteroatoms. The van der Waals surface area contributed by atoms with E-state index in [0.29, 0.717) is 23.1 Å². The largest absolute Gasteiger partial charge is 0.491 e. The summed E-state index contributed by atoms with van der Waals surface area (Å²) < 4.78 is 5.61. The summed E-state index contributed by atoms with van der Waals surface area (Å²) in [5, 5.41) is 3.21. The van der Waals surface area contributed by atoms with Gasteiger partial charge in [0.1, 0.15) is 18.4 Å². The lowest BCUT2D eigenvalue weighted by Crippen LogP contribution is -2.27. The van der Waals surface area contributed by atoms with Crippen molar-refractivity contribution in [2.24, 2.45) is 5.73 Å². The van der Waals surface area contributed by atoms with Gasteiger partial charge in [-0.05, 0) is 37.9 Å². The second-order valence-electron chi connectivity index (χ2n) is 5.67. The summed E-state index contributed by atoms with van der Waals surface area (Å²) in [7, 11) is 3.94. The van der Waals surface area contributed by atoms with Crippen LogP contribution in [0, 0.1) is 0 Å². The van der Waals surface area contributed by atoms with Crippen molar-refractivity contribution in [3.63, 3.8) is 0 Å². The van der Waals surface area contributed by atoms with Gasteiger partial charge in [0.05, 0.1) is 5.02 Å². The van der Waals surface area contributed by atoms with Crippen molar-refractivity contribution in [3.8, 4) is 5.75 Å². The Balaban J connectivity index is 1.97. The minimum absolute atomic E-state index is 0.293. The van der Waals surface area contributed by atoms with Crippen LogP contribution in [0.5, 0.6) is 5.75 Å². The van der Waals surface area contributed by atoms with Crippen LogP contribution in [0.1, 0.15) is 11.6 Å². The first-order chi connectivity index (χ1) is 11.5. The van der Waals surface area contributed by atoms with Gasteiger partial charge in [0.2, 0.25) is 5.91 Å². The topological polar surface area (TPSA) is 67.6 Å². The molecule has 0 aliphatic heterocycles. The highest BCUT2D eigenvalue weighted by Gasteiger charge is 2.16. The zero-order valence-electron chi connectivity index (χ0n) is 13.8. The summed E-state index contributed by atoms with van der Waals surface area (Å²) in [6.45, 7) is 1.33. The van der Waals surface area contributed by atoms with Gasteiger partial charge in [-0.15, -0.1) is 0 Å². The van der Waals surface area contributed by atoms with Crippen LogP contribution in [0.25, 0.3) is 0 Å². The first-order valence-electron chi connectivity index (χ1n) is 7.66. The number of nitrogens with one attached hydrogen (secondary N) is 1. The van der Waals surface area contributed by atoms with Gasteiger partial charge < -0.3 is 20.7 Å². The molecule has 0 heterocycles. The summed E-state index contributed by atoms with van der Waals surface area (Å²) in [5.41, 5.74) is 7.31. The van der Waals surface area contributed by atoms with Crippen molar-refractivity contribution >= 4 is 23.2 Å². The molecule has 2 aromatic carbocycles. The van der Waals surface area contributed by atoms with Crippen molar-refractivity contribution in [3.05, 3.63) is 59.1 Å². The maximum Gasteiger partial charge on any atom is 0.245 e. The van der Waals surface area contributed by atoms with Gasteiger partial charge in [-0.2, -0.15) is 0 Å². The van der Waals surface area contributed by atoms with Gasteiger partial charge in [-0.1, -0.05) is 41.9 Å². The number of hydrogen-bond acceptors (Lipinski definition) is 4. The third-order valence-electron chi connectivity index (χ3n) is 3.44. The van der Waals surface area contributed by atoms with Crippen LogP contribution in [-0.4, -0.2) is 38.1 Å². The van der Waals surface area contributed by atoms with Gasteiger partial charge in [-0.25, -0.2) is 0 Å². The molecule has 0 fully saturated rings. The lowest BCUT2D eigenvalue weighted by atomic mass is 10.1. The molecule has 0 saturated carbocycles. The van der Waals surface area contributed by atoms with Crippen LogP contribution in [0.3, 0.4) is 0 Å². The maximum atomic E-state index is 12.2. The van der Waals surface area contributed by atoms with E-state index in [1.54, 1.807) is 18.2 Å².